The standard InChI is InChI=1S/C22H26F2N2O2/c1-14-6-8-18(23)16(10-14)20(27)25-12-22(3,4)13-26(5)21(28)17-11-15(2)7-9-19(17)24/h6-11H,12-13H2,1-5H3,(H,25,27). The van der Waals surface area contributed by atoms with E-state index in [0.29, 0.717) is 0 Å². The summed E-state index contributed by atoms with van der Waals surface area (Å²) in [7, 11) is 1.59. The van der Waals surface area contributed by atoms with E-state index in [0.717, 1.165) is 11.1 Å². The Kier molecular flexibility index (Phi) is 6.54. The molecule has 0 saturated heterocycles. The van der Waals surface area contributed by atoms with Crippen molar-refractivity contribution in [2.24, 2.45) is 5.41 Å². The Labute approximate surface area is 164 Å². The number of hydrogen-bond donors (Lipinski definition) is 1. The highest BCUT2D eigenvalue weighted by molar-refractivity contribution is 5.95. The van der Waals surface area contributed by atoms with Gasteiger partial charge in [-0.1, -0.05) is 37.1 Å². The molecule has 0 saturated carbocycles. The van der Waals surface area contributed by atoms with Crippen LogP contribution in [0.25, 0.3) is 0 Å². The zero-order valence-corrected chi connectivity index (χ0v) is 16.9. The first-order chi connectivity index (χ1) is 13.0. The molecule has 2 amide bonds. The van der Waals surface area contributed by atoms with Crippen molar-refractivity contribution in [2.75, 3.05) is 20.1 Å². The average Bonchev–Trinajstić information content (AvgIpc) is 2.62. The lowest BCUT2D eigenvalue weighted by molar-refractivity contribution is 0.0726. The van der Waals surface area contributed by atoms with Gasteiger partial charge in [0.1, 0.15) is 11.6 Å². The predicted octanol–water partition coefficient (Wildman–Crippen LogP) is 4.11. The molecule has 0 fully saturated rings. The summed E-state index contributed by atoms with van der Waals surface area (Å²) in [5.74, 6) is -2.08. The number of nitrogens with one attached hydrogen (secondary N) is 1. The Morgan fingerprint density at radius 3 is 2.04 bits per heavy atom. The van der Waals surface area contributed by atoms with E-state index in [1.807, 2.05) is 13.8 Å². The monoisotopic (exact) mass is 388 g/mol. The van der Waals surface area contributed by atoms with Crippen LogP contribution in [0.1, 0.15) is 45.7 Å². The van der Waals surface area contributed by atoms with Crippen molar-refractivity contribution < 1.29 is 18.4 Å². The fourth-order valence-corrected chi connectivity index (χ4v) is 3.01. The van der Waals surface area contributed by atoms with Crippen LogP contribution in [0.2, 0.25) is 0 Å². The maximum Gasteiger partial charge on any atom is 0.256 e. The highest BCUT2D eigenvalue weighted by Crippen LogP contribution is 2.19. The van der Waals surface area contributed by atoms with Gasteiger partial charge in [0.15, 0.2) is 0 Å². The molecule has 0 bridgehead atoms. The second-order valence-electron chi connectivity index (χ2n) is 7.97. The summed E-state index contributed by atoms with van der Waals surface area (Å²) < 4.78 is 27.9. The van der Waals surface area contributed by atoms with Gasteiger partial charge in [0, 0.05) is 20.1 Å². The fraction of sp³-hybridized carbons (Fsp3) is 0.364. The molecule has 6 heteroatoms. The van der Waals surface area contributed by atoms with Gasteiger partial charge in [-0.2, -0.15) is 0 Å². The molecule has 0 heterocycles. The van der Waals surface area contributed by atoms with Gasteiger partial charge in [-0.05, 0) is 43.5 Å². The summed E-state index contributed by atoms with van der Waals surface area (Å²) in [4.78, 5) is 26.3. The number of carbonyl (C=O) groups is 2. The van der Waals surface area contributed by atoms with E-state index in [1.165, 1.54) is 29.2 Å². The summed E-state index contributed by atoms with van der Waals surface area (Å²) in [5.41, 5.74) is 1.09. The summed E-state index contributed by atoms with van der Waals surface area (Å²) >= 11 is 0. The van der Waals surface area contributed by atoms with Gasteiger partial charge in [-0.15, -0.1) is 0 Å². The van der Waals surface area contributed by atoms with Crippen molar-refractivity contribution in [1.29, 1.82) is 0 Å². The molecular formula is C22H26F2N2O2. The molecule has 150 valence electrons. The van der Waals surface area contributed by atoms with Crippen LogP contribution in [-0.4, -0.2) is 36.9 Å². The molecule has 1 N–H and O–H groups in total. The van der Waals surface area contributed by atoms with Gasteiger partial charge in [-0.25, -0.2) is 8.78 Å². The maximum absolute atomic E-state index is 14.0. The highest BCUT2D eigenvalue weighted by Gasteiger charge is 2.26. The van der Waals surface area contributed by atoms with E-state index in [4.69, 9.17) is 0 Å². The minimum Gasteiger partial charge on any atom is -0.351 e. The van der Waals surface area contributed by atoms with Crippen molar-refractivity contribution in [3.63, 3.8) is 0 Å². The third-order valence-corrected chi connectivity index (χ3v) is 4.46. The zero-order valence-electron chi connectivity index (χ0n) is 16.9. The van der Waals surface area contributed by atoms with Crippen molar-refractivity contribution >= 4 is 11.8 Å². The van der Waals surface area contributed by atoms with Crippen molar-refractivity contribution in [3.8, 4) is 0 Å². The lowest BCUT2D eigenvalue weighted by Gasteiger charge is -2.30. The van der Waals surface area contributed by atoms with Gasteiger partial charge in [0.25, 0.3) is 11.8 Å². The second kappa shape index (κ2) is 8.50. The largest absolute Gasteiger partial charge is 0.351 e. The van der Waals surface area contributed by atoms with E-state index in [-0.39, 0.29) is 24.2 Å². The predicted molar refractivity (Wildman–Crippen MR) is 105 cm³/mol. The second-order valence-corrected chi connectivity index (χ2v) is 7.97. The average molecular weight is 388 g/mol. The van der Waals surface area contributed by atoms with Crippen LogP contribution in [-0.2, 0) is 0 Å². The molecule has 2 aromatic rings. The summed E-state index contributed by atoms with van der Waals surface area (Å²) in [6.07, 6.45) is 0. The number of carbonyl (C=O) groups excluding carboxylic acids is 2. The fourth-order valence-electron chi connectivity index (χ4n) is 3.01. The molecule has 0 radical (unpaired) electrons. The van der Waals surface area contributed by atoms with E-state index in [1.54, 1.807) is 33.0 Å². The van der Waals surface area contributed by atoms with Crippen LogP contribution in [0.3, 0.4) is 0 Å². The number of halogens is 2. The number of aryl methyl sites for hydroxylation is 2. The quantitative estimate of drug-likeness (QED) is 0.810. The maximum atomic E-state index is 14.0. The van der Waals surface area contributed by atoms with Crippen molar-refractivity contribution in [3.05, 3.63) is 70.3 Å². The number of hydrogen-bond acceptors (Lipinski definition) is 2. The topological polar surface area (TPSA) is 49.4 Å². The lowest BCUT2D eigenvalue weighted by Crippen LogP contribution is -2.43. The van der Waals surface area contributed by atoms with E-state index in [9.17, 15) is 18.4 Å². The summed E-state index contributed by atoms with van der Waals surface area (Å²) in [5, 5.41) is 2.72. The minimum atomic E-state index is -0.580. The van der Waals surface area contributed by atoms with Crippen molar-refractivity contribution in [1.82, 2.24) is 10.2 Å². The van der Waals surface area contributed by atoms with Gasteiger partial charge in [0.05, 0.1) is 11.1 Å². The molecule has 0 atom stereocenters. The Morgan fingerprint density at radius 1 is 0.964 bits per heavy atom. The molecule has 0 aliphatic carbocycles. The third-order valence-electron chi connectivity index (χ3n) is 4.46. The molecule has 28 heavy (non-hydrogen) atoms. The minimum absolute atomic E-state index is 0.0120. The lowest BCUT2D eigenvalue weighted by atomic mass is 9.92. The summed E-state index contributed by atoms with van der Waals surface area (Å²) in [6, 6.07) is 8.75. The van der Waals surface area contributed by atoms with Crippen LogP contribution in [0.5, 0.6) is 0 Å². The first kappa shape index (κ1) is 21.5. The van der Waals surface area contributed by atoms with Crippen LogP contribution >= 0.6 is 0 Å². The van der Waals surface area contributed by atoms with Gasteiger partial charge in [-0.3, -0.25) is 9.59 Å². The first-order valence-electron chi connectivity index (χ1n) is 9.06. The van der Waals surface area contributed by atoms with Crippen LogP contribution < -0.4 is 5.32 Å². The van der Waals surface area contributed by atoms with E-state index >= 15 is 0 Å². The van der Waals surface area contributed by atoms with Crippen LogP contribution in [0.4, 0.5) is 8.78 Å². The molecule has 0 aromatic heterocycles. The third kappa shape index (κ3) is 5.38. The molecular weight excluding hydrogens is 362 g/mol. The molecule has 0 aliphatic rings. The smallest absolute Gasteiger partial charge is 0.256 e. The van der Waals surface area contributed by atoms with Gasteiger partial charge < -0.3 is 10.2 Å². The van der Waals surface area contributed by atoms with Crippen LogP contribution in [0, 0.1) is 30.9 Å². The normalized spacial score (nSPS) is 11.2. The van der Waals surface area contributed by atoms with E-state index in [2.05, 4.69) is 5.32 Å². The Hall–Kier alpha value is -2.76. The highest BCUT2D eigenvalue weighted by atomic mass is 19.1. The zero-order chi connectivity index (χ0) is 21.1. The molecule has 2 aromatic carbocycles. The summed E-state index contributed by atoms with van der Waals surface area (Å²) in [6.45, 7) is 7.83. The molecule has 0 unspecified atom stereocenters. The number of amides is 2. The van der Waals surface area contributed by atoms with Gasteiger partial charge >= 0.3 is 0 Å². The molecule has 2 rings (SSSR count). The van der Waals surface area contributed by atoms with Crippen LogP contribution in [0.15, 0.2) is 36.4 Å². The number of nitrogens with zero attached hydrogens (tertiary/aromatic N) is 1. The Bertz CT molecular complexity index is 894. The number of rotatable bonds is 6. The van der Waals surface area contributed by atoms with Crippen molar-refractivity contribution in [2.45, 2.75) is 27.7 Å². The Balaban J connectivity index is 2.02. The number of benzene rings is 2. The molecule has 0 aliphatic heterocycles. The Morgan fingerprint density at radius 2 is 1.46 bits per heavy atom. The molecule has 0 spiro atoms. The van der Waals surface area contributed by atoms with Gasteiger partial charge in [0.2, 0.25) is 0 Å². The SMILES string of the molecule is Cc1ccc(F)c(C(=O)NCC(C)(C)CN(C)C(=O)c2cc(C)ccc2F)c1. The first-order valence-corrected chi connectivity index (χ1v) is 9.06. The molecule has 4 nitrogen and oxygen atoms in total. The van der Waals surface area contributed by atoms with E-state index < -0.39 is 28.9 Å².